The van der Waals surface area contributed by atoms with Crippen molar-refractivity contribution in [2.75, 3.05) is 32.1 Å². The Morgan fingerprint density at radius 3 is 2.65 bits per heavy atom. The van der Waals surface area contributed by atoms with Gasteiger partial charge in [0.1, 0.15) is 0 Å². The van der Waals surface area contributed by atoms with Gasteiger partial charge in [-0.15, -0.1) is 0 Å². The van der Waals surface area contributed by atoms with Gasteiger partial charge in [-0.25, -0.2) is 0 Å². The highest BCUT2D eigenvalue weighted by Gasteiger charge is 2.13. The van der Waals surface area contributed by atoms with E-state index in [2.05, 4.69) is 42.7 Å². The van der Waals surface area contributed by atoms with Gasteiger partial charge in [0, 0.05) is 31.0 Å². The third-order valence-electron chi connectivity index (χ3n) is 2.80. The molecule has 1 unspecified atom stereocenters. The van der Waals surface area contributed by atoms with Crippen LogP contribution in [0, 0.1) is 0 Å². The lowest BCUT2D eigenvalue weighted by atomic mass is 10.2. The topological polar surface area (TPSA) is 39.6 Å². The summed E-state index contributed by atoms with van der Waals surface area (Å²) < 4.78 is 0. The van der Waals surface area contributed by atoms with Crippen LogP contribution < -0.4 is 4.90 Å². The molecule has 1 rings (SSSR count). The van der Waals surface area contributed by atoms with E-state index in [9.17, 15) is 0 Å². The third kappa shape index (κ3) is 3.98. The molecule has 0 spiro atoms. The summed E-state index contributed by atoms with van der Waals surface area (Å²) in [5.41, 5.74) is 1.85. The molecule has 4 nitrogen and oxygen atoms in total. The smallest absolute Gasteiger partial charge is 0.0853 e. The maximum absolute atomic E-state index is 9.11. The Labute approximate surface area is 104 Å². The number of aliphatic hydroxyl groups is 1. The Balaban J connectivity index is 2.84. The van der Waals surface area contributed by atoms with Crippen LogP contribution in [-0.4, -0.2) is 48.2 Å². The first-order valence-electron chi connectivity index (χ1n) is 6.05. The van der Waals surface area contributed by atoms with E-state index >= 15 is 0 Å². The maximum atomic E-state index is 9.11. The fourth-order valence-corrected chi connectivity index (χ4v) is 2.11. The minimum absolute atomic E-state index is 0.00649. The summed E-state index contributed by atoms with van der Waals surface area (Å²) in [5, 5.41) is 9.11. The van der Waals surface area contributed by atoms with Gasteiger partial charge in [0.25, 0.3) is 0 Å². The monoisotopic (exact) mass is 237 g/mol. The van der Waals surface area contributed by atoms with Crippen molar-refractivity contribution in [2.45, 2.75) is 26.5 Å². The zero-order valence-corrected chi connectivity index (χ0v) is 11.2. The molecule has 0 aliphatic rings. The summed E-state index contributed by atoms with van der Waals surface area (Å²) in [7, 11) is 4.16. The summed E-state index contributed by atoms with van der Waals surface area (Å²) >= 11 is 0. The Morgan fingerprint density at radius 2 is 2.12 bits per heavy atom. The van der Waals surface area contributed by atoms with E-state index in [0.717, 1.165) is 24.5 Å². The SMILES string of the molecule is CCN(c1ccnc(CO)c1)C(C)CN(C)C. The number of hydrogen-bond donors (Lipinski definition) is 1. The van der Waals surface area contributed by atoms with Crippen molar-refractivity contribution in [2.24, 2.45) is 0 Å². The predicted octanol–water partition coefficient (Wildman–Crippen LogP) is 1.35. The summed E-state index contributed by atoms with van der Waals surface area (Å²) in [6.45, 7) is 6.30. The quantitative estimate of drug-likeness (QED) is 0.810. The van der Waals surface area contributed by atoms with E-state index in [-0.39, 0.29) is 6.61 Å². The molecule has 1 atom stereocenters. The molecule has 0 aliphatic heterocycles. The molecule has 1 aromatic rings. The van der Waals surface area contributed by atoms with Crippen LogP contribution in [0.15, 0.2) is 18.3 Å². The Kier molecular flexibility index (Phi) is 5.38. The number of pyridine rings is 1. The van der Waals surface area contributed by atoms with Gasteiger partial charge in [-0.05, 0) is 40.1 Å². The molecule has 1 heterocycles. The molecule has 0 saturated heterocycles. The molecule has 4 heteroatoms. The van der Waals surface area contributed by atoms with Crippen LogP contribution in [0.3, 0.4) is 0 Å². The standard InChI is InChI=1S/C13H23N3O/c1-5-16(11(2)9-15(3)4)13-6-7-14-12(8-13)10-17/h6-8,11,17H,5,9-10H2,1-4H3. The highest BCUT2D eigenvalue weighted by atomic mass is 16.3. The number of rotatable bonds is 6. The highest BCUT2D eigenvalue weighted by molar-refractivity contribution is 5.47. The maximum Gasteiger partial charge on any atom is 0.0853 e. The lowest BCUT2D eigenvalue weighted by Gasteiger charge is -2.32. The molecule has 0 fully saturated rings. The average molecular weight is 237 g/mol. The number of aliphatic hydroxyl groups excluding tert-OH is 1. The second-order valence-corrected chi connectivity index (χ2v) is 4.56. The van der Waals surface area contributed by atoms with E-state index in [1.807, 2.05) is 12.1 Å². The van der Waals surface area contributed by atoms with Crippen molar-refractivity contribution >= 4 is 5.69 Å². The number of aromatic nitrogens is 1. The Bertz CT molecular complexity index is 341. The lowest BCUT2D eigenvalue weighted by molar-refractivity contribution is 0.277. The predicted molar refractivity (Wildman–Crippen MR) is 71.2 cm³/mol. The van der Waals surface area contributed by atoms with Gasteiger partial charge in [0.05, 0.1) is 12.3 Å². The number of hydrogen-bond acceptors (Lipinski definition) is 4. The van der Waals surface area contributed by atoms with Gasteiger partial charge in [-0.1, -0.05) is 0 Å². The van der Waals surface area contributed by atoms with E-state index < -0.39 is 0 Å². The molecular weight excluding hydrogens is 214 g/mol. The van der Waals surface area contributed by atoms with E-state index in [1.165, 1.54) is 0 Å². The van der Waals surface area contributed by atoms with E-state index in [1.54, 1.807) is 6.20 Å². The molecule has 0 amide bonds. The van der Waals surface area contributed by atoms with Crippen molar-refractivity contribution < 1.29 is 5.11 Å². The van der Waals surface area contributed by atoms with Crippen LogP contribution in [0.1, 0.15) is 19.5 Å². The van der Waals surface area contributed by atoms with E-state index in [4.69, 9.17) is 5.11 Å². The number of anilines is 1. The fraction of sp³-hybridized carbons (Fsp3) is 0.615. The first kappa shape index (κ1) is 13.9. The molecular formula is C13H23N3O. The molecule has 0 bridgehead atoms. The van der Waals surface area contributed by atoms with Gasteiger partial charge >= 0.3 is 0 Å². The normalized spacial score (nSPS) is 12.8. The van der Waals surface area contributed by atoms with Gasteiger partial charge in [-0.3, -0.25) is 4.98 Å². The van der Waals surface area contributed by atoms with Gasteiger partial charge in [0.15, 0.2) is 0 Å². The van der Waals surface area contributed by atoms with Crippen molar-refractivity contribution in [1.29, 1.82) is 0 Å². The van der Waals surface area contributed by atoms with Crippen LogP contribution >= 0.6 is 0 Å². The van der Waals surface area contributed by atoms with Crippen LogP contribution in [0.5, 0.6) is 0 Å². The van der Waals surface area contributed by atoms with Crippen LogP contribution in [-0.2, 0) is 6.61 Å². The molecule has 17 heavy (non-hydrogen) atoms. The van der Waals surface area contributed by atoms with Crippen molar-refractivity contribution in [3.63, 3.8) is 0 Å². The largest absolute Gasteiger partial charge is 0.390 e. The average Bonchev–Trinajstić information content (AvgIpc) is 2.29. The van der Waals surface area contributed by atoms with Gasteiger partial charge < -0.3 is 14.9 Å². The van der Waals surface area contributed by atoms with Crippen molar-refractivity contribution in [1.82, 2.24) is 9.88 Å². The Morgan fingerprint density at radius 1 is 1.41 bits per heavy atom. The summed E-state index contributed by atoms with van der Waals surface area (Å²) in [4.78, 5) is 8.61. The van der Waals surface area contributed by atoms with Crippen LogP contribution in [0.4, 0.5) is 5.69 Å². The molecule has 96 valence electrons. The highest BCUT2D eigenvalue weighted by Crippen LogP contribution is 2.17. The molecule has 0 saturated carbocycles. The molecule has 1 aromatic heterocycles. The van der Waals surface area contributed by atoms with Gasteiger partial charge in [-0.2, -0.15) is 0 Å². The minimum atomic E-state index is -0.00649. The lowest BCUT2D eigenvalue weighted by Crippen LogP contribution is -2.40. The Hall–Kier alpha value is -1.13. The van der Waals surface area contributed by atoms with Crippen LogP contribution in [0.2, 0.25) is 0 Å². The molecule has 0 aromatic carbocycles. The van der Waals surface area contributed by atoms with Crippen molar-refractivity contribution in [3.05, 3.63) is 24.0 Å². The van der Waals surface area contributed by atoms with E-state index in [0.29, 0.717) is 6.04 Å². The zero-order valence-electron chi connectivity index (χ0n) is 11.2. The first-order valence-corrected chi connectivity index (χ1v) is 6.05. The van der Waals surface area contributed by atoms with Crippen molar-refractivity contribution in [3.8, 4) is 0 Å². The second kappa shape index (κ2) is 6.57. The summed E-state index contributed by atoms with van der Waals surface area (Å²) in [6, 6.07) is 4.38. The minimum Gasteiger partial charge on any atom is -0.390 e. The fourth-order valence-electron chi connectivity index (χ4n) is 2.11. The zero-order chi connectivity index (χ0) is 12.8. The van der Waals surface area contributed by atoms with Crippen LogP contribution in [0.25, 0.3) is 0 Å². The first-order chi connectivity index (χ1) is 8.08. The third-order valence-corrected chi connectivity index (χ3v) is 2.80. The summed E-state index contributed by atoms with van der Waals surface area (Å²) in [6.07, 6.45) is 1.76. The summed E-state index contributed by atoms with van der Waals surface area (Å²) in [5.74, 6) is 0. The number of nitrogens with zero attached hydrogens (tertiary/aromatic N) is 3. The molecule has 1 N–H and O–H groups in total. The molecule has 0 aliphatic carbocycles. The molecule has 0 radical (unpaired) electrons. The number of likely N-dealkylation sites (N-methyl/N-ethyl adjacent to an activating group) is 2. The second-order valence-electron chi connectivity index (χ2n) is 4.56. The van der Waals surface area contributed by atoms with Gasteiger partial charge in [0.2, 0.25) is 0 Å².